The lowest BCUT2D eigenvalue weighted by molar-refractivity contribution is -0.121. The second kappa shape index (κ2) is 8.59. The first-order chi connectivity index (χ1) is 12.3. The van der Waals surface area contributed by atoms with E-state index in [-0.39, 0.29) is 5.91 Å². The zero-order chi connectivity index (χ0) is 17.3. The van der Waals surface area contributed by atoms with E-state index in [1.165, 1.54) is 0 Å². The molecule has 5 nitrogen and oxygen atoms in total. The highest BCUT2D eigenvalue weighted by Crippen LogP contribution is 2.28. The van der Waals surface area contributed by atoms with Gasteiger partial charge in [-0.2, -0.15) is 0 Å². The molecule has 2 N–H and O–H groups in total. The summed E-state index contributed by atoms with van der Waals surface area (Å²) in [6.07, 6.45) is 1.95. The Labute approximate surface area is 146 Å². The van der Waals surface area contributed by atoms with Gasteiger partial charge in [-0.05, 0) is 36.4 Å². The van der Waals surface area contributed by atoms with Crippen LogP contribution in [-0.2, 0) is 11.3 Å². The summed E-state index contributed by atoms with van der Waals surface area (Å²) in [6.45, 7) is 0.915. The maximum absolute atomic E-state index is 11.9. The van der Waals surface area contributed by atoms with Crippen LogP contribution in [0.1, 0.15) is 12.2 Å². The van der Waals surface area contributed by atoms with Crippen molar-refractivity contribution >= 4 is 11.6 Å². The normalized spacial score (nSPS) is 10.2. The molecule has 0 saturated heterocycles. The molecule has 0 aliphatic carbocycles. The van der Waals surface area contributed by atoms with Crippen LogP contribution in [0.25, 0.3) is 0 Å². The van der Waals surface area contributed by atoms with Crippen LogP contribution < -0.4 is 15.4 Å². The lowest BCUT2D eigenvalue weighted by atomic mass is 10.2. The molecule has 0 aliphatic rings. The molecule has 3 rings (SSSR count). The number of hydrogen-bond donors (Lipinski definition) is 2. The quantitative estimate of drug-likeness (QED) is 0.647. The van der Waals surface area contributed by atoms with E-state index >= 15 is 0 Å². The number of carbonyl (C=O) groups is 1. The molecular weight excluding hydrogens is 316 g/mol. The molecule has 0 spiro atoms. The molecule has 1 amide bonds. The Morgan fingerprint density at radius 3 is 2.56 bits per heavy atom. The Bertz CT molecular complexity index is 786. The minimum absolute atomic E-state index is 0.0367. The smallest absolute Gasteiger partial charge is 0.222 e. The van der Waals surface area contributed by atoms with Crippen molar-refractivity contribution in [1.82, 2.24) is 5.32 Å². The summed E-state index contributed by atoms with van der Waals surface area (Å²) in [5, 5.41) is 6.07. The number of rotatable bonds is 8. The van der Waals surface area contributed by atoms with Crippen molar-refractivity contribution in [3.63, 3.8) is 0 Å². The van der Waals surface area contributed by atoms with Crippen molar-refractivity contribution in [2.75, 3.05) is 11.9 Å². The molecule has 0 aliphatic heterocycles. The summed E-state index contributed by atoms with van der Waals surface area (Å²) in [6, 6.07) is 20.9. The van der Waals surface area contributed by atoms with Crippen molar-refractivity contribution in [2.24, 2.45) is 0 Å². The number of furan rings is 1. The van der Waals surface area contributed by atoms with Gasteiger partial charge in [-0.3, -0.25) is 4.79 Å². The van der Waals surface area contributed by atoms with Crippen LogP contribution in [0, 0.1) is 0 Å². The van der Waals surface area contributed by atoms with Gasteiger partial charge < -0.3 is 19.8 Å². The highest BCUT2D eigenvalue weighted by Gasteiger charge is 2.06. The molecule has 1 heterocycles. The van der Waals surface area contributed by atoms with Gasteiger partial charge in [0, 0.05) is 13.0 Å². The molecule has 1 aromatic heterocycles. The minimum atomic E-state index is -0.0367. The van der Waals surface area contributed by atoms with Crippen LogP contribution in [0.15, 0.2) is 77.4 Å². The predicted molar refractivity (Wildman–Crippen MR) is 96.6 cm³/mol. The first kappa shape index (κ1) is 16.6. The van der Waals surface area contributed by atoms with Gasteiger partial charge in [-0.25, -0.2) is 0 Å². The second-order valence-electron chi connectivity index (χ2n) is 5.44. The molecule has 0 atom stereocenters. The van der Waals surface area contributed by atoms with E-state index in [4.69, 9.17) is 9.15 Å². The van der Waals surface area contributed by atoms with Crippen molar-refractivity contribution in [2.45, 2.75) is 13.0 Å². The highest BCUT2D eigenvalue weighted by molar-refractivity contribution is 5.76. The maximum Gasteiger partial charge on any atom is 0.222 e. The summed E-state index contributed by atoms with van der Waals surface area (Å²) < 4.78 is 11.1. The Morgan fingerprint density at radius 1 is 0.960 bits per heavy atom. The molecule has 0 fully saturated rings. The first-order valence-electron chi connectivity index (χ1n) is 8.16. The number of carbonyl (C=O) groups excluding carboxylic acids is 1. The lowest BCUT2D eigenvalue weighted by Crippen LogP contribution is -2.24. The fraction of sp³-hybridized carbons (Fsp3) is 0.150. The third kappa shape index (κ3) is 5.14. The summed E-state index contributed by atoms with van der Waals surface area (Å²) >= 11 is 0. The fourth-order valence-corrected chi connectivity index (χ4v) is 2.32. The van der Waals surface area contributed by atoms with Crippen molar-refractivity contribution in [1.29, 1.82) is 0 Å². The average molecular weight is 336 g/mol. The Hall–Kier alpha value is -3.21. The Balaban J connectivity index is 1.48. The standard InChI is InChI=1S/C20H20N2O3/c23-20(22-15-17-9-6-14-24-17)12-13-21-18-10-4-5-11-19(18)25-16-7-2-1-3-8-16/h1-11,14,21H,12-13,15H2,(H,22,23). The third-order valence-electron chi connectivity index (χ3n) is 3.57. The number of hydrogen-bond acceptors (Lipinski definition) is 4. The largest absolute Gasteiger partial charge is 0.467 e. The molecule has 128 valence electrons. The Morgan fingerprint density at radius 2 is 1.76 bits per heavy atom. The van der Waals surface area contributed by atoms with Crippen LogP contribution in [-0.4, -0.2) is 12.5 Å². The topological polar surface area (TPSA) is 63.5 Å². The Kier molecular flexibility index (Phi) is 5.72. The van der Waals surface area contributed by atoms with Crippen LogP contribution in [0.4, 0.5) is 5.69 Å². The van der Waals surface area contributed by atoms with Gasteiger partial charge >= 0.3 is 0 Å². The van der Waals surface area contributed by atoms with Crippen molar-refractivity contribution in [3.8, 4) is 11.5 Å². The number of benzene rings is 2. The molecule has 25 heavy (non-hydrogen) atoms. The number of anilines is 1. The molecule has 0 radical (unpaired) electrons. The van der Waals surface area contributed by atoms with Crippen LogP contribution >= 0.6 is 0 Å². The monoisotopic (exact) mass is 336 g/mol. The van der Waals surface area contributed by atoms with Crippen LogP contribution in [0.2, 0.25) is 0 Å². The van der Waals surface area contributed by atoms with Gasteiger partial charge in [0.05, 0.1) is 18.5 Å². The van der Waals surface area contributed by atoms with Gasteiger partial charge in [0.1, 0.15) is 11.5 Å². The molecule has 0 bridgehead atoms. The number of para-hydroxylation sites is 3. The van der Waals surface area contributed by atoms with E-state index in [0.717, 1.165) is 22.9 Å². The highest BCUT2D eigenvalue weighted by atomic mass is 16.5. The summed E-state index contributed by atoms with van der Waals surface area (Å²) in [7, 11) is 0. The molecular formula is C20H20N2O3. The number of amides is 1. The maximum atomic E-state index is 11.9. The molecule has 5 heteroatoms. The van der Waals surface area contributed by atoms with E-state index in [1.54, 1.807) is 12.3 Å². The van der Waals surface area contributed by atoms with Crippen LogP contribution in [0.3, 0.4) is 0 Å². The van der Waals surface area contributed by atoms with Crippen molar-refractivity contribution < 1.29 is 13.9 Å². The average Bonchev–Trinajstić information content (AvgIpc) is 3.16. The van der Waals surface area contributed by atoms with E-state index in [9.17, 15) is 4.79 Å². The summed E-state index contributed by atoms with van der Waals surface area (Å²) in [5.74, 6) is 2.20. The van der Waals surface area contributed by atoms with Gasteiger partial charge in [-0.1, -0.05) is 30.3 Å². The molecule has 2 aromatic carbocycles. The van der Waals surface area contributed by atoms with E-state index < -0.39 is 0 Å². The van der Waals surface area contributed by atoms with Gasteiger partial charge in [0.15, 0.2) is 5.75 Å². The lowest BCUT2D eigenvalue weighted by Gasteiger charge is -2.13. The van der Waals surface area contributed by atoms with Crippen molar-refractivity contribution in [3.05, 3.63) is 78.8 Å². The van der Waals surface area contributed by atoms with Crippen LogP contribution in [0.5, 0.6) is 11.5 Å². The summed E-state index contributed by atoms with van der Waals surface area (Å²) in [4.78, 5) is 11.9. The second-order valence-corrected chi connectivity index (χ2v) is 5.44. The number of nitrogens with one attached hydrogen (secondary N) is 2. The SMILES string of the molecule is O=C(CCNc1ccccc1Oc1ccccc1)NCc1ccco1. The zero-order valence-electron chi connectivity index (χ0n) is 13.8. The third-order valence-corrected chi connectivity index (χ3v) is 3.57. The van der Waals surface area contributed by atoms with E-state index in [0.29, 0.717) is 19.5 Å². The van der Waals surface area contributed by atoms with Gasteiger partial charge in [-0.15, -0.1) is 0 Å². The summed E-state index contributed by atoms with van der Waals surface area (Å²) in [5.41, 5.74) is 0.852. The predicted octanol–water partition coefficient (Wildman–Crippen LogP) is 4.19. The fourth-order valence-electron chi connectivity index (χ4n) is 2.32. The van der Waals surface area contributed by atoms with Gasteiger partial charge in [0.25, 0.3) is 0 Å². The first-order valence-corrected chi connectivity index (χ1v) is 8.16. The number of ether oxygens (including phenoxy) is 1. The van der Waals surface area contributed by atoms with E-state index in [2.05, 4.69) is 10.6 Å². The zero-order valence-corrected chi connectivity index (χ0v) is 13.8. The minimum Gasteiger partial charge on any atom is -0.467 e. The molecule has 3 aromatic rings. The van der Waals surface area contributed by atoms with Gasteiger partial charge in [0.2, 0.25) is 5.91 Å². The van der Waals surface area contributed by atoms with E-state index in [1.807, 2.05) is 60.7 Å². The molecule has 0 saturated carbocycles. The molecule has 0 unspecified atom stereocenters.